The van der Waals surface area contributed by atoms with Crippen molar-refractivity contribution in [2.24, 2.45) is 0 Å². The lowest BCUT2D eigenvalue weighted by Crippen LogP contribution is -2.46. The van der Waals surface area contributed by atoms with E-state index in [1.165, 1.54) is 12.1 Å². The Bertz CT molecular complexity index is 1050. The second-order valence-electron chi connectivity index (χ2n) is 6.66. The summed E-state index contributed by atoms with van der Waals surface area (Å²) in [4.78, 5) is 11.8. The first-order valence-corrected chi connectivity index (χ1v) is 8.56. The molecule has 8 heteroatoms. The Morgan fingerprint density at radius 1 is 1.29 bits per heavy atom. The molecule has 0 unspecified atom stereocenters. The molecular formula is C20H18F2N4O2. The van der Waals surface area contributed by atoms with Crippen molar-refractivity contribution in [3.8, 4) is 11.8 Å². The van der Waals surface area contributed by atoms with E-state index in [4.69, 9.17) is 5.26 Å². The average Bonchev–Trinajstić information content (AvgIpc) is 3.05. The van der Waals surface area contributed by atoms with Gasteiger partial charge in [-0.15, -0.1) is 0 Å². The number of nitrogens with zero attached hydrogens (tertiary/aromatic N) is 3. The van der Waals surface area contributed by atoms with Gasteiger partial charge in [0.15, 0.2) is 0 Å². The molecule has 0 aliphatic rings. The smallest absolute Gasteiger partial charge is 0.321 e. The zero-order chi connectivity index (χ0) is 20.5. The van der Waals surface area contributed by atoms with Crippen molar-refractivity contribution in [3.63, 3.8) is 0 Å². The fourth-order valence-electron chi connectivity index (χ4n) is 3.07. The molecule has 0 fully saturated rings. The zero-order valence-corrected chi connectivity index (χ0v) is 15.2. The number of rotatable bonds is 5. The van der Waals surface area contributed by atoms with Crippen LogP contribution in [0.5, 0.6) is 5.75 Å². The highest BCUT2D eigenvalue weighted by molar-refractivity contribution is 5.83. The first-order valence-electron chi connectivity index (χ1n) is 8.56. The molecule has 1 aromatic heterocycles. The standard InChI is InChI=1S/C20H18F2N4O2/c1-12(25-19(28)20(2,21)22)18(14-4-6-16(27)7-5-14)26-17-8-3-13(10-23)9-15(17)11-24-26/h3-9,11-12,18,27H,1-2H3,(H,25,28)/t12-,18-/m0/s1. The van der Waals surface area contributed by atoms with Crippen molar-refractivity contribution in [2.75, 3.05) is 0 Å². The molecule has 2 aromatic carbocycles. The van der Waals surface area contributed by atoms with Crippen LogP contribution in [-0.2, 0) is 4.79 Å². The minimum Gasteiger partial charge on any atom is -0.508 e. The predicted octanol–water partition coefficient (Wildman–Crippen LogP) is 3.36. The molecular weight excluding hydrogens is 366 g/mol. The number of hydrogen-bond donors (Lipinski definition) is 2. The quantitative estimate of drug-likeness (QED) is 0.706. The molecule has 3 rings (SSSR count). The fraction of sp³-hybridized carbons (Fsp3) is 0.250. The molecule has 2 N–H and O–H groups in total. The number of alkyl halides is 2. The molecule has 144 valence electrons. The van der Waals surface area contributed by atoms with Gasteiger partial charge in [-0.25, -0.2) is 0 Å². The topological polar surface area (TPSA) is 90.9 Å². The molecule has 0 aliphatic carbocycles. The number of benzene rings is 2. The second kappa shape index (κ2) is 7.27. The minimum atomic E-state index is -3.51. The molecule has 28 heavy (non-hydrogen) atoms. The number of amides is 1. The number of hydrogen-bond acceptors (Lipinski definition) is 4. The van der Waals surface area contributed by atoms with Gasteiger partial charge < -0.3 is 10.4 Å². The van der Waals surface area contributed by atoms with Gasteiger partial charge in [-0.3, -0.25) is 9.48 Å². The maximum Gasteiger partial charge on any atom is 0.321 e. The van der Waals surface area contributed by atoms with E-state index in [-0.39, 0.29) is 5.75 Å². The van der Waals surface area contributed by atoms with Crippen LogP contribution in [0.1, 0.15) is 31.0 Å². The van der Waals surface area contributed by atoms with Crippen LogP contribution in [0.2, 0.25) is 0 Å². The molecule has 0 radical (unpaired) electrons. The summed E-state index contributed by atoms with van der Waals surface area (Å²) in [6, 6.07) is 12.0. The van der Waals surface area contributed by atoms with E-state index in [2.05, 4.69) is 16.5 Å². The number of phenolic OH excluding ortho intramolecular Hbond substituents is 1. The Morgan fingerprint density at radius 2 is 1.96 bits per heavy atom. The van der Waals surface area contributed by atoms with Gasteiger partial charge in [0.25, 0.3) is 5.91 Å². The van der Waals surface area contributed by atoms with E-state index in [0.717, 1.165) is 0 Å². The SMILES string of the molecule is C[C@H](NC(=O)C(C)(F)F)[C@@H](c1ccc(O)cc1)n1ncc2cc(C#N)ccc21. The Balaban J connectivity index is 2.08. The summed E-state index contributed by atoms with van der Waals surface area (Å²) >= 11 is 0. The third-order valence-corrected chi connectivity index (χ3v) is 4.45. The number of carbonyl (C=O) groups is 1. The van der Waals surface area contributed by atoms with Crippen LogP contribution < -0.4 is 5.32 Å². The summed E-state index contributed by atoms with van der Waals surface area (Å²) < 4.78 is 28.4. The Kier molecular flexibility index (Phi) is 5.01. The Morgan fingerprint density at radius 3 is 2.57 bits per heavy atom. The van der Waals surface area contributed by atoms with Crippen LogP contribution in [0.15, 0.2) is 48.7 Å². The second-order valence-corrected chi connectivity index (χ2v) is 6.66. The molecule has 6 nitrogen and oxygen atoms in total. The third-order valence-electron chi connectivity index (χ3n) is 4.45. The maximum absolute atomic E-state index is 13.4. The fourth-order valence-corrected chi connectivity index (χ4v) is 3.07. The summed E-state index contributed by atoms with van der Waals surface area (Å²) in [5.41, 5.74) is 1.82. The predicted molar refractivity (Wildman–Crippen MR) is 98.9 cm³/mol. The molecule has 1 amide bonds. The molecule has 1 heterocycles. The number of nitrogens with one attached hydrogen (secondary N) is 1. The monoisotopic (exact) mass is 384 g/mol. The maximum atomic E-state index is 13.4. The highest BCUT2D eigenvalue weighted by Gasteiger charge is 2.35. The van der Waals surface area contributed by atoms with Gasteiger partial charge in [-0.05, 0) is 42.8 Å². The Hall–Kier alpha value is -3.47. The average molecular weight is 384 g/mol. The van der Waals surface area contributed by atoms with Gasteiger partial charge in [0.2, 0.25) is 0 Å². The number of halogens is 2. The van der Waals surface area contributed by atoms with Gasteiger partial charge in [-0.2, -0.15) is 19.1 Å². The van der Waals surface area contributed by atoms with Crippen molar-refractivity contribution >= 4 is 16.8 Å². The lowest BCUT2D eigenvalue weighted by Gasteiger charge is -2.27. The number of phenols is 1. The minimum absolute atomic E-state index is 0.0586. The third kappa shape index (κ3) is 3.78. The summed E-state index contributed by atoms with van der Waals surface area (Å²) in [6.07, 6.45) is 1.58. The number of carbonyl (C=O) groups excluding carboxylic acids is 1. The molecule has 3 aromatic rings. The molecule has 2 atom stereocenters. The summed E-state index contributed by atoms with van der Waals surface area (Å²) in [6.45, 7) is 2.15. The van der Waals surface area contributed by atoms with Crippen molar-refractivity contribution in [1.82, 2.24) is 15.1 Å². The highest BCUT2D eigenvalue weighted by Crippen LogP contribution is 2.28. The van der Waals surface area contributed by atoms with Crippen LogP contribution >= 0.6 is 0 Å². The number of fused-ring (bicyclic) bond motifs is 1. The number of aromatic hydroxyl groups is 1. The molecule has 0 saturated heterocycles. The first kappa shape index (κ1) is 19.3. The van der Waals surface area contributed by atoms with Crippen LogP contribution in [0.4, 0.5) is 8.78 Å². The highest BCUT2D eigenvalue weighted by atomic mass is 19.3. The van der Waals surface area contributed by atoms with Crippen LogP contribution in [0.3, 0.4) is 0 Å². The van der Waals surface area contributed by atoms with Crippen molar-refractivity contribution in [3.05, 3.63) is 59.8 Å². The molecule has 0 saturated carbocycles. The van der Waals surface area contributed by atoms with E-state index in [1.54, 1.807) is 48.1 Å². The van der Waals surface area contributed by atoms with Gasteiger partial charge >= 0.3 is 5.92 Å². The van der Waals surface area contributed by atoms with Crippen LogP contribution in [0, 0.1) is 11.3 Å². The molecule has 0 bridgehead atoms. The van der Waals surface area contributed by atoms with Crippen molar-refractivity contribution in [2.45, 2.75) is 31.9 Å². The van der Waals surface area contributed by atoms with Gasteiger partial charge in [0.1, 0.15) is 5.75 Å². The first-order chi connectivity index (χ1) is 13.2. The van der Waals surface area contributed by atoms with Crippen molar-refractivity contribution in [1.29, 1.82) is 5.26 Å². The number of nitriles is 1. The number of aromatic nitrogens is 2. The summed E-state index contributed by atoms with van der Waals surface area (Å²) in [5, 5.41) is 26.0. The zero-order valence-electron chi connectivity index (χ0n) is 15.2. The normalized spacial score (nSPS) is 13.7. The van der Waals surface area contributed by atoms with Gasteiger partial charge in [0, 0.05) is 12.3 Å². The van der Waals surface area contributed by atoms with E-state index >= 15 is 0 Å². The summed E-state index contributed by atoms with van der Waals surface area (Å²) in [7, 11) is 0. The molecule has 0 spiro atoms. The lowest BCUT2D eigenvalue weighted by atomic mass is 9.99. The van der Waals surface area contributed by atoms with Crippen molar-refractivity contribution < 1.29 is 18.7 Å². The Labute approximate surface area is 160 Å². The van der Waals surface area contributed by atoms with E-state index in [0.29, 0.717) is 29.0 Å². The van der Waals surface area contributed by atoms with Gasteiger partial charge in [0.05, 0.1) is 35.4 Å². The van der Waals surface area contributed by atoms with Crippen LogP contribution in [-0.4, -0.2) is 32.8 Å². The lowest BCUT2D eigenvalue weighted by molar-refractivity contribution is -0.143. The largest absolute Gasteiger partial charge is 0.508 e. The molecule has 0 aliphatic heterocycles. The van der Waals surface area contributed by atoms with E-state index in [1.807, 2.05) is 0 Å². The van der Waals surface area contributed by atoms with E-state index < -0.39 is 23.9 Å². The van der Waals surface area contributed by atoms with Crippen LogP contribution in [0.25, 0.3) is 10.9 Å². The van der Waals surface area contributed by atoms with Gasteiger partial charge in [-0.1, -0.05) is 12.1 Å². The van der Waals surface area contributed by atoms with E-state index in [9.17, 15) is 18.7 Å². The summed E-state index contributed by atoms with van der Waals surface area (Å²) in [5.74, 6) is -4.84.